The summed E-state index contributed by atoms with van der Waals surface area (Å²) in [5.41, 5.74) is 6.74. The van der Waals surface area contributed by atoms with Crippen molar-refractivity contribution in [3.05, 3.63) is 46.1 Å². The Morgan fingerprint density at radius 2 is 2.00 bits per heavy atom. The van der Waals surface area contributed by atoms with Crippen LogP contribution in [0.25, 0.3) is 11.3 Å². The van der Waals surface area contributed by atoms with E-state index in [-0.39, 0.29) is 5.82 Å². The zero-order valence-electron chi connectivity index (χ0n) is 8.50. The Balaban J connectivity index is 2.47. The molecule has 0 amide bonds. The second-order valence-electron chi connectivity index (χ2n) is 3.39. The van der Waals surface area contributed by atoms with Crippen LogP contribution in [0.2, 0.25) is 0 Å². The Kier molecular flexibility index (Phi) is 2.87. The number of H-pyrrole nitrogens is 1. The van der Waals surface area contributed by atoms with Gasteiger partial charge in [-0.2, -0.15) is 0 Å². The summed E-state index contributed by atoms with van der Waals surface area (Å²) in [6, 6.07) is 5.81. The normalized spacial score (nSPS) is 10.6. The highest BCUT2D eigenvalue weighted by Gasteiger charge is 2.12. The summed E-state index contributed by atoms with van der Waals surface area (Å²) in [6.45, 7) is 0.358. The molecule has 1 aromatic carbocycles. The fourth-order valence-electron chi connectivity index (χ4n) is 1.54. The summed E-state index contributed by atoms with van der Waals surface area (Å²) in [6.07, 6.45) is 0.429. The first kappa shape index (κ1) is 10.6. The van der Waals surface area contributed by atoms with Gasteiger partial charge in [0, 0.05) is 5.56 Å². The van der Waals surface area contributed by atoms with E-state index in [1.165, 1.54) is 12.1 Å². The van der Waals surface area contributed by atoms with Gasteiger partial charge < -0.3 is 10.3 Å². The van der Waals surface area contributed by atoms with Crippen molar-refractivity contribution >= 4 is 0 Å². The van der Waals surface area contributed by atoms with Crippen LogP contribution in [0.1, 0.15) is 5.56 Å². The topological polar surface area (TPSA) is 72.0 Å². The monoisotopic (exact) mass is 222 g/mol. The minimum absolute atomic E-state index is 0.324. The van der Waals surface area contributed by atoms with E-state index in [2.05, 4.69) is 5.16 Å². The van der Waals surface area contributed by atoms with E-state index in [1.54, 1.807) is 12.1 Å². The third-order valence-corrected chi connectivity index (χ3v) is 2.32. The maximum atomic E-state index is 12.7. The molecule has 0 unspecified atom stereocenters. The zero-order valence-corrected chi connectivity index (χ0v) is 8.50. The van der Waals surface area contributed by atoms with Crippen molar-refractivity contribution in [2.75, 3.05) is 6.54 Å². The Morgan fingerprint density at radius 1 is 1.31 bits per heavy atom. The molecule has 0 saturated carbocycles. The summed E-state index contributed by atoms with van der Waals surface area (Å²) >= 11 is 0. The first-order valence-electron chi connectivity index (χ1n) is 4.88. The van der Waals surface area contributed by atoms with Crippen LogP contribution in [0.15, 0.2) is 33.6 Å². The van der Waals surface area contributed by atoms with Gasteiger partial charge in [-0.1, -0.05) is 0 Å². The molecule has 0 aliphatic rings. The maximum absolute atomic E-state index is 12.7. The average Bonchev–Trinajstić information content (AvgIpc) is 2.63. The fraction of sp³-hybridized carbons (Fsp3) is 0.182. The Labute approximate surface area is 90.9 Å². The van der Waals surface area contributed by atoms with Gasteiger partial charge in [-0.15, -0.1) is 0 Å². The molecule has 0 bridgehead atoms. The molecule has 0 aliphatic carbocycles. The number of hydrogen-bond acceptors (Lipinski definition) is 3. The summed E-state index contributed by atoms with van der Waals surface area (Å²) in [7, 11) is 0. The van der Waals surface area contributed by atoms with Crippen LogP contribution in [-0.4, -0.2) is 11.7 Å². The third kappa shape index (κ3) is 1.90. The highest BCUT2D eigenvalue weighted by Crippen LogP contribution is 2.19. The van der Waals surface area contributed by atoms with Crippen LogP contribution < -0.4 is 11.4 Å². The summed E-state index contributed by atoms with van der Waals surface area (Å²) in [4.78, 5) is 11.3. The second-order valence-corrected chi connectivity index (χ2v) is 3.39. The largest absolute Gasteiger partial charge is 0.361 e. The first-order valence-corrected chi connectivity index (χ1v) is 4.88. The van der Waals surface area contributed by atoms with Gasteiger partial charge in [0.1, 0.15) is 5.82 Å². The van der Waals surface area contributed by atoms with Crippen molar-refractivity contribution in [1.82, 2.24) is 5.16 Å². The van der Waals surface area contributed by atoms with Crippen LogP contribution in [0, 0.1) is 5.82 Å². The Bertz CT molecular complexity index is 528. The number of benzene rings is 1. The van der Waals surface area contributed by atoms with Crippen molar-refractivity contribution in [1.29, 1.82) is 0 Å². The van der Waals surface area contributed by atoms with E-state index in [0.717, 1.165) is 0 Å². The lowest BCUT2D eigenvalue weighted by Crippen LogP contribution is -2.10. The van der Waals surface area contributed by atoms with Crippen molar-refractivity contribution in [2.24, 2.45) is 5.73 Å². The van der Waals surface area contributed by atoms with Gasteiger partial charge in [-0.25, -0.2) is 14.3 Å². The third-order valence-electron chi connectivity index (χ3n) is 2.32. The van der Waals surface area contributed by atoms with E-state index >= 15 is 0 Å². The molecule has 0 spiro atoms. The lowest BCUT2D eigenvalue weighted by Gasteiger charge is -1.99. The second kappa shape index (κ2) is 4.32. The van der Waals surface area contributed by atoms with Crippen LogP contribution in [0.4, 0.5) is 4.39 Å². The molecular formula is C11H11FN2O2. The number of nitrogens with one attached hydrogen (secondary N) is 1. The summed E-state index contributed by atoms with van der Waals surface area (Å²) in [5.74, 6) is -0.324. The van der Waals surface area contributed by atoms with Gasteiger partial charge in [0.25, 0.3) is 0 Å². The number of aromatic nitrogens is 1. The molecule has 1 aromatic heterocycles. The van der Waals surface area contributed by atoms with E-state index in [0.29, 0.717) is 29.8 Å². The standard InChI is InChI=1S/C11H11FN2O2/c12-8-3-1-7(2-4-8)10-9(5-6-13)11(15)16-14-10/h1-4,14H,5-6,13H2. The number of halogens is 1. The summed E-state index contributed by atoms with van der Waals surface area (Å²) in [5, 5.41) is 2.53. The molecular weight excluding hydrogens is 211 g/mol. The number of nitrogens with two attached hydrogens (primary N) is 1. The Hall–Kier alpha value is -1.88. The van der Waals surface area contributed by atoms with Gasteiger partial charge in [0.2, 0.25) is 0 Å². The molecule has 84 valence electrons. The SMILES string of the molecule is NCCc1c(-c2ccc(F)cc2)[nH]oc1=O. The van der Waals surface area contributed by atoms with Crippen LogP contribution >= 0.6 is 0 Å². The molecule has 0 fully saturated rings. The molecule has 1 heterocycles. The van der Waals surface area contributed by atoms with Crippen molar-refractivity contribution in [2.45, 2.75) is 6.42 Å². The average molecular weight is 222 g/mol. The highest BCUT2D eigenvalue weighted by molar-refractivity contribution is 5.62. The van der Waals surface area contributed by atoms with Crippen LogP contribution in [0.5, 0.6) is 0 Å². The molecule has 0 atom stereocenters. The van der Waals surface area contributed by atoms with E-state index in [4.69, 9.17) is 10.3 Å². The lowest BCUT2D eigenvalue weighted by atomic mass is 10.1. The first-order chi connectivity index (χ1) is 7.72. The molecule has 0 aliphatic heterocycles. The van der Waals surface area contributed by atoms with Crippen molar-refractivity contribution in [3.63, 3.8) is 0 Å². The number of aromatic amines is 1. The fourth-order valence-corrected chi connectivity index (χ4v) is 1.54. The van der Waals surface area contributed by atoms with Crippen LogP contribution in [0.3, 0.4) is 0 Å². The highest BCUT2D eigenvalue weighted by atomic mass is 19.1. The lowest BCUT2D eigenvalue weighted by molar-refractivity contribution is 0.392. The predicted octanol–water partition coefficient (Wildman–Crippen LogP) is 1.28. The minimum atomic E-state index is -0.426. The molecule has 2 rings (SSSR count). The molecule has 2 aromatic rings. The van der Waals surface area contributed by atoms with Crippen molar-refractivity contribution < 1.29 is 8.91 Å². The van der Waals surface area contributed by atoms with E-state index in [1.807, 2.05) is 0 Å². The van der Waals surface area contributed by atoms with E-state index < -0.39 is 5.63 Å². The predicted molar refractivity (Wildman–Crippen MR) is 57.5 cm³/mol. The molecule has 4 nitrogen and oxygen atoms in total. The molecule has 3 N–H and O–H groups in total. The van der Waals surface area contributed by atoms with Gasteiger partial charge >= 0.3 is 5.63 Å². The quantitative estimate of drug-likeness (QED) is 0.821. The molecule has 5 heteroatoms. The van der Waals surface area contributed by atoms with Crippen LogP contribution in [-0.2, 0) is 6.42 Å². The molecule has 0 radical (unpaired) electrons. The van der Waals surface area contributed by atoms with Gasteiger partial charge in [0.05, 0.1) is 11.3 Å². The molecule has 16 heavy (non-hydrogen) atoms. The van der Waals surface area contributed by atoms with Gasteiger partial charge in [0.15, 0.2) is 0 Å². The van der Waals surface area contributed by atoms with Gasteiger partial charge in [-0.05, 0) is 37.2 Å². The number of hydrogen-bond donors (Lipinski definition) is 2. The Morgan fingerprint density at radius 3 is 2.62 bits per heavy atom. The molecule has 0 saturated heterocycles. The minimum Gasteiger partial charge on any atom is -0.338 e. The van der Waals surface area contributed by atoms with E-state index in [9.17, 15) is 9.18 Å². The smallest absolute Gasteiger partial charge is 0.338 e. The maximum Gasteiger partial charge on any atom is 0.361 e. The van der Waals surface area contributed by atoms with Crippen molar-refractivity contribution in [3.8, 4) is 11.3 Å². The van der Waals surface area contributed by atoms with Gasteiger partial charge in [-0.3, -0.25) is 0 Å². The number of rotatable bonds is 3. The zero-order chi connectivity index (χ0) is 11.5. The summed E-state index contributed by atoms with van der Waals surface area (Å²) < 4.78 is 17.4.